The van der Waals surface area contributed by atoms with Crippen LogP contribution in [0.1, 0.15) is 13.8 Å². The summed E-state index contributed by atoms with van der Waals surface area (Å²) in [6.45, 7) is 4.92. The first-order chi connectivity index (χ1) is 4.00. The van der Waals surface area contributed by atoms with Gasteiger partial charge in [-0.15, -0.1) is 0 Å². The van der Waals surface area contributed by atoms with E-state index in [0.29, 0.717) is 0 Å². The van der Waals surface area contributed by atoms with Crippen LogP contribution < -0.4 is 0 Å². The van der Waals surface area contributed by atoms with Gasteiger partial charge in [0.15, 0.2) is 0 Å². The maximum atomic E-state index is 9.74. The van der Waals surface area contributed by atoms with Crippen molar-refractivity contribution in [2.24, 2.45) is 0 Å². The summed E-state index contributed by atoms with van der Waals surface area (Å²) in [5.41, 5.74) is -0.540. The highest BCUT2D eigenvalue weighted by Crippen LogP contribution is 2.25. The first kappa shape index (κ1) is 9.43. The molecule has 9 heavy (non-hydrogen) atoms. The molecule has 0 saturated carbocycles. The largest absolute Gasteiger partial charge is 0.449 e. The molecule has 0 aromatic carbocycles. The molecule has 4 heteroatoms. The van der Waals surface area contributed by atoms with E-state index >= 15 is 0 Å². The summed E-state index contributed by atoms with van der Waals surface area (Å²) in [7, 11) is 0. The monoisotopic (exact) mass is 257 g/mol. The molecular weight excluding hydrogens is 252 g/mol. The molecule has 0 N–H and O–H groups in total. The molecular formula is C5H7Br2O2. The molecule has 0 saturated heterocycles. The van der Waals surface area contributed by atoms with E-state index in [2.05, 4.69) is 36.6 Å². The predicted octanol–water partition coefficient (Wildman–Crippen LogP) is 1.96. The fourth-order valence-corrected chi connectivity index (χ4v) is 0.339. The van der Waals surface area contributed by atoms with E-state index in [1.54, 1.807) is 13.8 Å². The van der Waals surface area contributed by atoms with Gasteiger partial charge in [-0.05, 0) is 13.8 Å². The Labute approximate surface area is 71.2 Å². The average Bonchev–Trinajstić information content (AvgIpc) is 1.65. The third-order valence-corrected chi connectivity index (χ3v) is 3.04. The van der Waals surface area contributed by atoms with E-state index < -0.39 is 5.60 Å². The molecule has 0 unspecified atom stereocenters. The second kappa shape index (κ2) is 3.56. The van der Waals surface area contributed by atoms with Crippen LogP contribution in [-0.2, 0) is 9.53 Å². The predicted molar refractivity (Wildman–Crippen MR) is 42.5 cm³/mol. The molecule has 53 valence electrons. The van der Waals surface area contributed by atoms with Crippen LogP contribution in [-0.4, -0.2) is 15.8 Å². The quantitative estimate of drug-likeness (QED) is 0.724. The molecule has 0 aromatic rings. The highest BCUT2D eigenvalue weighted by atomic mass is 79.9. The summed E-state index contributed by atoms with van der Waals surface area (Å²) in [5, 5.41) is 0. The molecule has 0 fully saturated rings. The Morgan fingerprint density at radius 3 is 2.11 bits per heavy atom. The lowest BCUT2D eigenvalue weighted by Crippen LogP contribution is -2.30. The van der Waals surface area contributed by atoms with Crippen molar-refractivity contribution in [2.75, 3.05) is 0 Å². The standard InChI is InChI=1S/C5H7Br2O2/c1-5(2,4(6)7)9-3-8/h4H,1-2H3. The Morgan fingerprint density at radius 1 is 1.56 bits per heavy atom. The van der Waals surface area contributed by atoms with Gasteiger partial charge in [0.05, 0.1) is 0 Å². The molecule has 0 aliphatic heterocycles. The van der Waals surface area contributed by atoms with Crippen LogP contribution in [0.4, 0.5) is 0 Å². The zero-order valence-corrected chi connectivity index (χ0v) is 8.32. The van der Waals surface area contributed by atoms with Gasteiger partial charge >= 0.3 is 6.47 Å². The fourth-order valence-electron chi connectivity index (χ4n) is 0.152. The number of rotatable bonds is 3. The van der Waals surface area contributed by atoms with Gasteiger partial charge in [0, 0.05) is 0 Å². The van der Waals surface area contributed by atoms with Crippen molar-refractivity contribution in [2.45, 2.75) is 23.2 Å². The Bertz CT molecular complexity index is 101. The van der Waals surface area contributed by atoms with E-state index in [-0.39, 0.29) is 3.74 Å². The lowest BCUT2D eigenvalue weighted by Gasteiger charge is -2.22. The third kappa shape index (κ3) is 3.20. The smallest absolute Gasteiger partial charge is 0.418 e. The summed E-state index contributed by atoms with van der Waals surface area (Å²) < 4.78 is 4.55. The van der Waals surface area contributed by atoms with Crippen molar-refractivity contribution in [1.29, 1.82) is 0 Å². The third-order valence-electron chi connectivity index (χ3n) is 0.830. The van der Waals surface area contributed by atoms with Crippen LogP contribution >= 0.6 is 31.9 Å². The van der Waals surface area contributed by atoms with E-state index in [9.17, 15) is 4.79 Å². The number of halogens is 2. The Kier molecular flexibility index (Phi) is 3.73. The fraction of sp³-hybridized carbons (Fsp3) is 0.800. The second-order valence-corrected chi connectivity index (χ2v) is 5.15. The molecule has 0 spiro atoms. The van der Waals surface area contributed by atoms with Crippen molar-refractivity contribution < 1.29 is 9.53 Å². The van der Waals surface area contributed by atoms with Gasteiger partial charge in [-0.25, -0.2) is 4.79 Å². The van der Waals surface area contributed by atoms with E-state index in [0.717, 1.165) is 0 Å². The summed E-state index contributed by atoms with van der Waals surface area (Å²) in [5.74, 6) is 0. The molecule has 0 aliphatic carbocycles. The molecule has 1 radical (unpaired) electrons. The zero-order valence-electron chi connectivity index (χ0n) is 5.15. The lowest BCUT2D eigenvalue weighted by molar-refractivity contribution is 0.109. The van der Waals surface area contributed by atoms with Crippen LogP contribution in [0.3, 0.4) is 0 Å². The van der Waals surface area contributed by atoms with E-state index in [1.807, 2.05) is 0 Å². The van der Waals surface area contributed by atoms with Crippen LogP contribution in [0, 0.1) is 0 Å². The topological polar surface area (TPSA) is 26.3 Å². The molecule has 0 aromatic heterocycles. The minimum Gasteiger partial charge on any atom is -0.449 e. The van der Waals surface area contributed by atoms with Crippen LogP contribution in [0.2, 0.25) is 0 Å². The molecule has 0 atom stereocenters. The Balaban J connectivity index is 3.84. The number of ether oxygens (including phenoxy) is 1. The average molecular weight is 259 g/mol. The van der Waals surface area contributed by atoms with Crippen molar-refractivity contribution in [3.05, 3.63) is 0 Å². The normalized spacial score (nSPS) is 11.7. The van der Waals surface area contributed by atoms with Gasteiger partial charge < -0.3 is 4.74 Å². The lowest BCUT2D eigenvalue weighted by atomic mass is 10.2. The zero-order chi connectivity index (χ0) is 7.49. The molecule has 0 heterocycles. The number of hydrogen-bond donors (Lipinski definition) is 0. The van der Waals surface area contributed by atoms with Crippen molar-refractivity contribution in [3.63, 3.8) is 0 Å². The van der Waals surface area contributed by atoms with E-state index in [1.165, 1.54) is 6.47 Å². The highest BCUT2D eigenvalue weighted by Gasteiger charge is 2.26. The minimum absolute atomic E-state index is 0.0426. The first-order valence-corrected chi connectivity index (χ1v) is 4.17. The van der Waals surface area contributed by atoms with Gasteiger partial charge in [-0.1, -0.05) is 31.9 Å². The summed E-state index contributed by atoms with van der Waals surface area (Å²) in [6.07, 6.45) is 0. The minimum atomic E-state index is -0.540. The number of carbonyl (C=O) groups excluding carboxylic acids is 1. The Hall–Kier alpha value is 0.430. The van der Waals surface area contributed by atoms with Gasteiger partial charge in [0.2, 0.25) is 0 Å². The van der Waals surface area contributed by atoms with Crippen molar-refractivity contribution >= 4 is 38.3 Å². The molecule has 0 rings (SSSR count). The van der Waals surface area contributed by atoms with Crippen molar-refractivity contribution in [3.8, 4) is 0 Å². The molecule has 0 aliphatic rings. The maximum absolute atomic E-state index is 9.74. The van der Waals surface area contributed by atoms with Crippen LogP contribution in [0.15, 0.2) is 0 Å². The first-order valence-electron chi connectivity index (χ1n) is 2.34. The SMILES string of the molecule is CC(C)(O[C]=O)C(Br)Br. The highest BCUT2D eigenvalue weighted by molar-refractivity contribution is 9.24. The van der Waals surface area contributed by atoms with Gasteiger partial charge in [-0.3, -0.25) is 0 Å². The molecule has 2 nitrogen and oxygen atoms in total. The molecule has 0 amide bonds. The summed E-state index contributed by atoms with van der Waals surface area (Å²) >= 11 is 6.42. The van der Waals surface area contributed by atoms with Crippen LogP contribution in [0.25, 0.3) is 0 Å². The summed E-state index contributed by atoms with van der Waals surface area (Å²) in [4.78, 5) is 9.74. The molecule has 0 bridgehead atoms. The van der Waals surface area contributed by atoms with Crippen LogP contribution in [0.5, 0.6) is 0 Å². The second-order valence-electron chi connectivity index (χ2n) is 2.09. The van der Waals surface area contributed by atoms with E-state index in [4.69, 9.17) is 0 Å². The van der Waals surface area contributed by atoms with Crippen molar-refractivity contribution in [1.82, 2.24) is 0 Å². The van der Waals surface area contributed by atoms with Gasteiger partial charge in [-0.2, -0.15) is 0 Å². The van der Waals surface area contributed by atoms with Gasteiger partial charge in [0.1, 0.15) is 9.34 Å². The van der Waals surface area contributed by atoms with Gasteiger partial charge in [0.25, 0.3) is 0 Å². The number of hydrogen-bond acceptors (Lipinski definition) is 2. The maximum Gasteiger partial charge on any atom is 0.418 e. The summed E-state index contributed by atoms with van der Waals surface area (Å²) in [6, 6.07) is 0. The Morgan fingerprint density at radius 2 is 2.00 bits per heavy atom. The number of alkyl halides is 2.